The van der Waals surface area contributed by atoms with Crippen LogP contribution in [0.3, 0.4) is 0 Å². The fourth-order valence-corrected chi connectivity index (χ4v) is 2.62. The van der Waals surface area contributed by atoms with Crippen LogP contribution in [-0.2, 0) is 0 Å². The van der Waals surface area contributed by atoms with Gasteiger partial charge in [-0.3, -0.25) is 0 Å². The first kappa shape index (κ1) is 6.62. The fourth-order valence-electron chi connectivity index (χ4n) is 2.62. The molecule has 0 spiro atoms. The van der Waals surface area contributed by atoms with E-state index in [0.29, 0.717) is 17.8 Å². The minimum atomic E-state index is -0.422. The Balaban J connectivity index is 2.16. The highest BCUT2D eigenvalue weighted by Crippen LogP contribution is 2.48. The van der Waals surface area contributed by atoms with Crippen LogP contribution in [0.2, 0.25) is 0 Å². The second kappa shape index (κ2) is 1.95. The number of aliphatic hydroxyl groups excluding tert-OH is 2. The molecule has 2 aliphatic rings. The molecule has 2 aliphatic carbocycles. The SMILES string of the molecule is CC1CC2CC1C(O)C2O. The molecule has 2 saturated carbocycles. The van der Waals surface area contributed by atoms with E-state index in [9.17, 15) is 10.2 Å². The molecule has 0 aromatic carbocycles. The van der Waals surface area contributed by atoms with Gasteiger partial charge in [0.1, 0.15) is 0 Å². The maximum Gasteiger partial charge on any atom is 0.0832 e. The van der Waals surface area contributed by atoms with Crippen molar-refractivity contribution < 1.29 is 10.2 Å². The van der Waals surface area contributed by atoms with Crippen molar-refractivity contribution in [2.24, 2.45) is 17.8 Å². The standard InChI is InChI=1S/C8H14O2/c1-4-2-5-3-6(4)8(10)7(5)9/h4-10H,2-3H2,1H3. The van der Waals surface area contributed by atoms with Crippen molar-refractivity contribution in [1.29, 1.82) is 0 Å². The lowest BCUT2D eigenvalue weighted by Gasteiger charge is -2.26. The van der Waals surface area contributed by atoms with E-state index in [-0.39, 0.29) is 0 Å². The second-order valence-corrected chi connectivity index (χ2v) is 3.85. The zero-order valence-electron chi connectivity index (χ0n) is 6.20. The Morgan fingerprint density at radius 3 is 2.20 bits per heavy atom. The Hall–Kier alpha value is -0.0800. The summed E-state index contributed by atoms with van der Waals surface area (Å²) in [7, 11) is 0. The van der Waals surface area contributed by atoms with Gasteiger partial charge >= 0.3 is 0 Å². The van der Waals surface area contributed by atoms with Crippen molar-refractivity contribution in [3.8, 4) is 0 Å². The molecule has 2 fully saturated rings. The van der Waals surface area contributed by atoms with Gasteiger partial charge in [0.2, 0.25) is 0 Å². The normalized spacial score (nSPS) is 59.7. The van der Waals surface area contributed by atoms with Crippen molar-refractivity contribution in [1.82, 2.24) is 0 Å². The molecule has 0 aromatic rings. The Morgan fingerprint density at radius 2 is 1.80 bits per heavy atom. The Labute approximate surface area is 60.9 Å². The average Bonchev–Trinajstić information content (AvgIpc) is 2.36. The Kier molecular flexibility index (Phi) is 1.29. The zero-order valence-corrected chi connectivity index (χ0v) is 6.20. The van der Waals surface area contributed by atoms with Crippen molar-refractivity contribution in [2.75, 3.05) is 0 Å². The van der Waals surface area contributed by atoms with E-state index in [0.717, 1.165) is 12.8 Å². The fraction of sp³-hybridized carbons (Fsp3) is 1.00. The maximum atomic E-state index is 9.41. The second-order valence-electron chi connectivity index (χ2n) is 3.85. The number of hydrogen-bond acceptors (Lipinski definition) is 2. The van der Waals surface area contributed by atoms with Crippen LogP contribution in [0.25, 0.3) is 0 Å². The van der Waals surface area contributed by atoms with Crippen molar-refractivity contribution in [2.45, 2.75) is 32.0 Å². The van der Waals surface area contributed by atoms with Crippen LogP contribution < -0.4 is 0 Å². The van der Waals surface area contributed by atoms with E-state index < -0.39 is 12.2 Å². The highest BCUT2D eigenvalue weighted by molar-refractivity contribution is 4.99. The van der Waals surface area contributed by atoms with E-state index in [1.165, 1.54) is 0 Å². The quantitative estimate of drug-likeness (QED) is 0.513. The third kappa shape index (κ3) is 0.663. The summed E-state index contributed by atoms with van der Waals surface area (Å²) in [6.07, 6.45) is 1.32. The molecule has 58 valence electrons. The molecule has 0 saturated heterocycles. The van der Waals surface area contributed by atoms with E-state index in [1.807, 2.05) is 0 Å². The van der Waals surface area contributed by atoms with E-state index >= 15 is 0 Å². The molecule has 0 radical (unpaired) electrons. The monoisotopic (exact) mass is 142 g/mol. The lowest BCUT2D eigenvalue weighted by molar-refractivity contribution is -0.0309. The van der Waals surface area contributed by atoms with Crippen LogP contribution in [0, 0.1) is 17.8 Å². The molecular weight excluding hydrogens is 128 g/mol. The van der Waals surface area contributed by atoms with Gasteiger partial charge in [-0.1, -0.05) is 6.92 Å². The van der Waals surface area contributed by atoms with Crippen LogP contribution in [0.1, 0.15) is 19.8 Å². The number of hydrogen-bond donors (Lipinski definition) is 2. The molecule has 2 heteroatoms. The predicted octanol–water partition coefficient (Wildman–Crippen LogP) is 0.384. The van der Waals surface area contributed by atoms with Gasteiger partial charge in [0.15, 0.2) is 0 Å². The smallest absolute Gasteiger partial charge is 0.0832 e. The summed E-state index contributed by atoms with van der Waals surface area (Å²) in [6, 6.07) is 0. The number of aliphatic hydroxyl groups is 2. The van der Waals surface area contributed by atoms with Gasteiger partial charge in [0, 0.05) is 0 Å². The summed E-state index contributed by atoms with van der Waals surface area (Å²) >= 11 is 0. The molecule has 5 atom stereocenters. The molecule has 0 heterocycles. The molecule has 10 heavy (non-hydrogen) atoms. The number of rotatable bonds is 0. The largest absolute Gasteiger partial charge is 0.390 e. The van der Waals surface area contributed by atoms with E-state index in [2.05, 4.69) is 6.92 Å². The first-order chi connectivity index (χ1) is 4.70. The lowest BCUT2D eigenvalue weighted by atomic mass is 9.86. The third-order valence-corrected chi connectivity index (χ3v) is 3.25. The van der Waals surface area contributed by atoms with Gasteiger partial charge in [0.25, 0.3) is 0 Å². The minimum absolute atomic E-state index is 0.389. The first-order valence-electron chi connectivity index (χ1n) is 4.06. The molecule has 5 unspecified atom stereocenters. The van der Waals surface area contributed by atoms with Crippen LogP contribution in [-0.4, -0.2) is 22.4 Å². The van der Waals surface area contributed by atoms with E-state index in [4.69, 9.17) is 0 Å². The molecule has 2 bridgehead atoms. The summed E-state index contributed by atoms with van der Waals surface area (Å²) in [5, 5.41) is 18.8. The van der Waals surface area contributed by atoms with Crippen LogP contribution >= 0.6 is 0 Å². The summed E-state index contributed by atoms with van der Waals surface area (Å²) in [5.41, 5.74) is 0. The van der Waals surface area contributed by atoms with Gasteiger partial charge in [-0.15, -0.1) is 0 Å². The minimum Gasteiger partial charge on any atom is -0.390 e. The molecule has 2 rings (SSSR count). The summed E-state index contributed by atoms with van der Waals surface area (Å²) in [5.74, 6) is 1.42. The molecule has 0 amide bonds. The maximum absolute atomic E-state index is 9.41. The Bertz CT molecular complexity index is 144. The van der Waals surface area contributed by atoms with Gasteiger partial charge < -0.3 is 10.2 Å². The van der Waals surface area contributed by atoms with Gasteiger partial charge in [-0.25, -0.2) is 0 Å². The summed E-state index contributed by atoms with van der Waals surface area (Å²) in [4.78, 5) is 0. The summed E-state index contributed by atoms with van der Waals surface area (Å²) in [6.45, 7) is 2.17. The topological polar surface area (TPSA) is 40.5 Å². The first-order valence-corrected chi connectivity index (χ1v) is 4.06. The third-order valence-electron chi connectivity index (χ3n) is 3.25. The molecule has 2 nitrogen and oxygen atoms in total. The Morgan fingerprint density at radius 1 is 1.10 bits per heavy atom. The highest BCUT2D eigenvalue weighted by atomic mass is 16.3. The van der Waals surface area contributed by atoms with Crippen LogP contribution in [0.4, 0.5) is 0 Å². The van der Waals surface area contributed by atoms with Gasteiger partial charge in [-0.2, -0.15) is 0 Å². The van der Waals surface area contributed by atoms with Crippen LogP contribution in [0.5, 0.6) is 0 Å². The molecule has 2 N–H and O–H groups in total. The average molecular weight is 142 g/mol. The van der Waals surface area contributed by atoms with E-state index in [1.54, 1.807) is 0 Å². The zero-order chi connectivity index (χ0) is 7.30. The van der Waals surface area contributed by atoms with Gasteiger partial charge in [-0.05, 0) is 30.6 Å². The lowest BCUT2D eigenvalue weighted by Crippen LogP contribution is -2.35. The number of fused-ring (bicyclic) bond motifs is 2. The van der Waals surface area contributed by atoms with Gasteiger partial charge in [0.05, 0.1) is 12.2 Å². The van der Waals surface area contributed by atoms with Crippen molar-refractivity contribution in [3.05, 3.63) is 0 Å². The summed E-state index contributed by atoms with van der Waals surface area (Å²) < 4.78 is 0. The molecular formula is C8H14O2. The molecule has 0 aromatic heterocycles. The van der Waals surface area contributed by atoms with Crippen molar-refractivity contribution in [3.63, 3.8) is 0 Å². The highest BCUT2D eigenvalue weighted by Gasteiger charge is 2.49. The molecule has 0 aliphatic heterocycles. The predicted molar refractivity (Wildman–Crippen MR) is 37.4 cm³/mol. The van der Waals surface area contributed by atoms with Crippen molar-refractivity contribution >= 4 is 0 Å². The van der Waals surface area contributed by atoms with Crippen LogP contribution in [0.15, 0.2) is 0 Å².